The van der Waals surface area contributed by atoms with Gasteiger partial charge in [0.05, 0.1) is 0 Å². The smallest absolute Gasteiger partial charge is 0.323 e. The molecule has 3 rings (SSSR count). The Morgan fingerprint density at radius 1 is 1.19 bits per heavy atom. The Bertz CT molecular complexity index is 623. The molecule has 5 nitrogen and oxygen atoms in total. The molecule has 1 amide bonds. The second-order valence-electron chi connectivity index (χ2n) is 8.09. The summed E-state index contributed by atoms with van der Waals surface area (Å²) in [5.74, 6) is -0.356. The number of carbonyl (C=O) groups is 2. The maximum Gasteiger partial charge on any atom is 0.323 e. The molecule has 0 aliphatic carbocycles. The summed E-state index contributed by atoms with van der Waals surface area (Å²) < 4.78 is 0. The van der Waals surface area contributed by atoms with Crippen LogP contribution in [0.5, 0.6) is 0 Å². The van der Waals surface area contributed by atoms with Crippen molar-refractivity contribution in [1.29, 1.82) is 0 Å². The second-order valence-corrected chi connectivity index (χ2v) is 8.09. The normalized spacial score (nSPS) is 21.7. The van der Waals surface area contributed by atoms with E-state index in [2.05, 4.69) is 42.2 Å². The minimum atomic E-state index is -0.914. The highest BCUT2D eigenvalue weighted by Gasteiger charge is 2.41. The highest BCUT2D eigenvalue weighted by molar-refractivity contribution is 5.82. The van der Waals surface area contributed by atoms with Crippen LogP contribution in [0.1, 0.15) is 50.5 Å². The molecule has 0 saturated carbocycles. The molecular formula is C21H30N2O3. The lowest BCUT2D eigenvalue weighted by Crippen LogP contribution is -2.52. The molecule has 1 spiro atoms. The molecule has 0 radical (unpaired) electrons. The van der Waals surface area contributed by atoms with E-state index in [1.807, 2.05) is 0 Å². The second kappa shape index (κ2) is 8.21. The molecule has 2 heterocycles. The monoisotopic (exact) mass is 358 g/mol. The summed E-state index contributed by atoms with van der Waals surface area (Å²) >= 11 is 0. The lowest BCUT2D eigenvalue weighted by molar-refractivity contribution is -0.149. The van der Waals surface area contributed by atoms with Crippen LogP contribution in [0.3, 0.4) is 0 Å². The summed E-state index contributed by atoms with van der Waals surface area (Å²) in [5, 5.41) is 9.03. The fraction of sp³-hybridized carbons (Fsp3) is 0.619. The minimum absolute atomic E-state index is 0.00265. The number of piperidine rings is 2. The molecule has 1 N–H and O–H groups in total. The van der Waals surface area contributed by atoms with Crippen molar-refractivity contribution in [2.24, 2.45) is 5.41 Å². The number of benzene rings is 1. The maximum atomic E-state index is 12.0. The summed E-state index contributed by atoms with van der Waals surface area (Å²) in [5.41, 5.74) is 1.53. The molecule has 2 aliphatic rings. The molecule has 1 atom stereocenters. The Kier molecular flexibility index (Phi) is 5.97. The molecule has 142 valence electrons. The summed E-state index contributed by atoms with van der Waals surface area (Å²) in [6, 6.07) is 10.7. The largest absolute Gasteiger partial charge is 0.480 e. The first-order valence-corrected chi connectivity index (χ1v) is 9.74. The van der Waals surface area contributed by atoms with E-state index in [-0.39, 0.29) is 17.9 Å². The van der Waals surface area contributed by atoms with Crippen LogP contribution in [0, 0.1) is 5.41 Å². The van der Waals surface area contributed by atoms with E-state index in [4.69, 9.17) is 5.11 Å². The molecule has 2 fully saturated rings. The van der Waals surface area contributed by atoms with Crippen LogP contribution in [-0.2, 0) is 9.59 Å². The van der Waals surface area contributed by atoms with E-state index in [1.54, 1.807) is 4.90 Å². The number of likely N-dealkylation sites (tertiary alicyclic amines) is 2. The standard InChI is InChI=1S/C21H30N2O3/c1-17(18-5-3-2-4-6-18)8-12-22-13-10-21(11-14-22)9-7-19(24)23(16-21)15-20(25)26/h2-6,17H,7-16H2,1H3,(H,25,26). The van der Waals surface area contributed by atoms with Gasteiger partial charge in [-0.25, -0.2) is 0 Å². The zero-order chi connectivity index (χ0) is 18.6. The molecule has 0 bridgehead atoms. The fourth-order valence-corrected chi connectivity index (χ4v) is 4.39. The van der Waals surface area contributed by atoms with Gasteiger partial charge in [-0.1, -0.05) is 37.3 Å². The van der Waals surface area contributed by atoms with Crippen LogP contribution in [0.15, 0.2) is 30.3 Å². The van der Waals surface area contributed by atoms with Crippen molar-refractivity contribution in [1.82, 2.24) is 9.80 Å². The first-order valence-electron chi connectivity index (χ1n) is 9.74. The fourth-order valence-electron chi connectivity index (χ4n) is 4.39. The molecule has 0 aromatic heterocycles. The lowest BCUT2D eigenvalue weighted by Gasteiger charge is -2.47. The number of hydrogen-bond donors (Lipinski definition) is 1. The molecule has 1 unspecified atom stereocenters. The van der Waals surface area contributed by atoms with Crippen LogP contribution in [-0.4, -0.2) is 59.5 Å². The topological polar surface area (TPSA) is 60.9 Å². The van der Waals surface area contributed by atoms with Crippen LogP contribution < -0.4 is 0 Å². The number of amides is 1. The zero-order valence-corrected chi connectivity index (χ0v) is 15.7. The van der Waals surface area contributed by atoms with Crippen LogP contribution >= 0.6 is 0 Å². The van der Waals surface area contributed by atoms with Crippen molar-refractivity contribution in [2.75, 3.05) is 32.7 Å². The molecule has 5 heteroatoms. The number of carboxylic acids is 1. The summed E-state index contributed by atoms with van der Waals surface area (Å²) in [4.78, 5) is 27.1. The van der Waals surface area contributed by atoms with Crippen molar-refractivity contribution < 1.29 is 14.7 Å². The summed E-state index contributed by atoms with van der Waals surface area (Å²) in [6.45, 7) is 5.96. The van der Waals surface area contributed by atoms with E-state index < -0.39 is 5.97 Å². The number of nitrogens with zero attached hydrogens (tertiary/aromatic N) is 2. The third-order valence-corrected chi connectivity index (χ3v) is 6.24. The van der Waals surface area contributed by atoms with Gasteiger partial charge in [0, 0.05) is 13.0 Å². The predicted molar refractivity (Wildman–Crippen MR) is 101 cm³/mol. The van der Waals surface area contributed by atoms with Gasteiger partial charge in [0.1, 0.15) is 6.54 Å². The number of rotatable bonds is 6. The van der Waals surface area contributed by atoms with Gasteiger partial charge in [-0.3, -0.25) is 9.59 Å². The molecule has 1 aromatic rings. The SMILES string of the molecule is CC(CCN1CCC2(CCC(=O)N(CC(=O)O)C2)CC1)c1ccccc1. The van der Waals surface area contributed by atoms with Crippen molar-refractivity contribution in [3.05, 3.63) is 35.9 Å². The Labute approximate surface area is 156 Å². The average molecular weight is 358 g/mol. The summed E-state index contributed by atoms with van der Waals surface area (Å²) in [6.07, 6.45) is 4.70. The molecule has 2 aliphatic heterocycles. The highest BCUT2D eigenvalue weighted by atomic mass is 16.4. The van der Waals surface area contributed by atoms with Crippen molar-refractivity contribution in [3.63, 3.8) is 0 Å². The molecular weight excluding hydrogens is 328 g/mol. The molecule has 2 saturated heterocycles. The third-order valence-electron chi connectivity index (χ3n) is 6.24. The lowest BCUT2D eigenvalue weighted by atomic mass is 9.72. The van der Waals surface area contributed by atoms with Gasteiger partial charge < -0.3 is 14.9 Å². The number of carbonyl (C=O) groups excluding carboxylic acids is 1. The van der Waals surface area contributed by atoms with Gasteiger partial charge >= 0.3 is 5.97 Å². The van der Waals surface area contributed by atoms with Gasteiger partial charge in [-0.2, -0.15) is 0 Å². The Morgan fingerprint density at radius 2 is 1.88 bits per heavy atom. The van der Waals surface area contributed by atoms with Crippen molar-refractivity contribution in [3.8, 4) is 0 Å². The van der Waals surface area contributed by atoms with Gasteiger partial charge in [0.15, 0.2) is 0 Å². The van der Waals surface area contributed by atoms with Gasteiger partial charge in [0.2, 0.25) is 5.91 Å². The first kappa shape index (κ1) is 18.9. The van der Waals surface area contributed by atoms with Gasteiger partial charge in [-0.15, -0.1) is 0 Å². The average Bonchev–Trinajstić information content (AvgIpc) is 2.64. The van der Waals surface area contributed by atoms with E-state index in [0.29, 0.717) is 18.9 Å². The van der Waals surface area contributed by atoms with Crippen molar-refractivity contribution >= 4 is 11.9 Å². The number of hydrogen-bond acceptors (Lipinski definition) is 3. The first-order chi connectivity index (χ1) is 12.5. The van der Waals surface area contributed by atoms with Crippen molar-refractivity contribution in [2.45, 2.75) is 44.9 Å². The molecule has 1 aromatic carbocycles. The molecule has 26 heavy (non-hydrogen) atoms. The third kappa shape index (κ3) is 4.64. The van der Waals surface area contributed by atoms with E-state index in [1.165, 1.54) is 5.56 Å². The summed E-state index contributed by atoms with van der Waals surface area (Å²) in [7, 11) is 0. The predicted octanol–water partition coefficient (Wildman–Crippen LogP) is 2.97. The quantitative estimate of drug-likeness (QED) is 0.849. The maximum absolute atomic E-state index is 12.0. The Morgan fingerprint density at radius 3 is 2.54 bits per heavy atom. The minimum Gasteiger partial charge on any atom is -0.480 e. The number of aliphatic carboxylic acids is 1. The zero-order valence-electron chi connectivity index (χ0n) is 15.7. The van der Waals surface area contributed by atoms with E-state index >= 15 is 0 Å². The highest BCUT2D eigenvalue weighted by Crippen LogP contribution is 2.40. The van der Waals surface area contributed by atoms with E-state index in [9.17, 15) is 9.59 Å². The Balaban J connectivity index is 1.48. The number of carboxylic acid groups (broad SMARTS) is 1. The van der Waals surface area contributed by atoms with E-state index in [0.717, 1.165) is 45.3 Å². The van der Waals surface area contributed by atoms with Crippen LogP contribution in [0.2, 0.25) is 0 Å². The van der Waals surface area contributed by atoms with Gasteiger partial charge in [-0.05, 0) is 62.2 Å². The van der Waals surface area contributed by atoms with Crippen LogP contribution in [0.25, 0.3) is 0 Å². The van der Waals surface area contributed by atoms with Gasteiger partial charge in [0.25, 0.3) is 0 Å². The Hall–Kier alpha value is -1.88. The van der Waals surface area contributed by atoms with Crippen LogP contribution in [0.4, 0.5) is 0 Å².